The summed E-state index contributed by atoms with van der Waals surface area (Å²) in [7, 11) is 0. The van der Waals surface area contributed by atoms with Crippen molar-refractivity contribution in [2.75, 3.05) is 13.2 Å². The van der Waals surface area contributed by atoms with Crippen LogP contribution in [0.1, 0.15) is 24.8 Å². The number of halogens is 3. The molecule has 4 nitrogen and oxygen atoms in total. The summed E-state index contributed by atoms with van der Waals surface area (Å²) in [4.78, 5) is 14.1. The van der Waals surface area contributed by atoms with E-state index in [2.05, 4.69) is 0 Å². The number of carbonyl (C=O) groups excluding carboxylic acids is 1. The lowest BCUT2D eigenvalue weighted by Gasteiger charge is -2.43. The maximum Gasteiger partial charge on any atom is 0.411 e. The van der Waals surface area contributed by atoms with E-state index in [-0.39, 0.29) is 31.5 Å². The van der Waals surface area contributed by atoms with Gasteiger partial charge < -0.3 is 9.47 Å². The summed E-state index contributed by atoms with van der Waals surface area (Å²) in [5.74, 6) is -1.38. The van der Waals surface area contributed by atoms with Crippen molar-refractivity contribution >= 4 is 6.09 Å². The number of hydrogen-bond acceptors (Lipinski definition) is 3. The van der Waals surface area contributed by atoms with Gasteiger partial charge in [-0.2, -0.15) is 8.78 Å². The first-order chi connectivity index (χ1) is 12.5. The molecule has 3 rings (SSSR count). The van der Waals surface area contributed by atoms with Crippen molar-refractivity contribution in [3.05, 3.63) is 59.5 Å². The van der Waals surface area contributed by atoms with Gasteiger partial charge in [0.25, 0.3) is 0 Å². The summed E-state index contributed by atoms with van der Waals surface area (Å²) in [6, 6.07) is 8.83. The van der Waals surface area contributed by atoms with Crippen molar-refractivity contribution in [1.29, 1.82) is 0 Å². The molecule has 0 aromatic heterocycles. The molecule has 0 radical (unpaired) electrons. The standard InChI is InChI=1S/C19H20F3NO3/c20-17(18(21)22)7-6-14-8-15-11-25-12-16(9-14)23(15)19(24)26-10-13-4-2-1-3-5-13/h1-5,8,15-16H,6-7,9-12H2. The number of ether oxygens (including phenoxy) is 2. The van der Waals surface area contributed by atoms with Gasteiger partial charge in [0.2, 0.25) is 0 Å². The van der Waals surface area contributed by atoms with Gasteiger partial charge >= 0.3 is 12.2 Å². The molecule has 2 heterocycles. The molecular weight excluding hydrogens is 347 g/mol. The average Bonchev–Trinajstić information content (AvgIpc) is 2.64. The maximum atomic E-state index is 13.0. The van der Waals surface area contributed by atoms with E-state index in [9.17, 15) is 18.0 Å². The fraction of sp³-hybridized carbons (Fsp3) is 0.421. The van der Waals surface area contributed by atoms with Crippen LogP contribution in [0.3, 0.4) is 0 Å². The fourth-order valence-electron chi connectivity index (χ4n) is 3.31. The number of morpholine rings is 1. The molecule has 0 aliphatic carbocycles. The first-order valence-corrected chi connectivity index (χ1v) is 8.50. The molecule has 2 atom stereocenters. The zero-order valence-electron chi connectivity index (χ0n) is 14.2. The van der Waals surface area contributed by atoms with Crippen molar-refractivity contribution in [1.82, 2.24) is 4.90 Å². The number of amides is 1. The van der Waals surface area contributed by atoms with Crippen LogP contribution >= 0.6 is 0 Å². The Bertz CT molecular complexity index is 701. The Balaban J connectivity index is 1.62. The highest BCUT2D eigenvalue weighted by Gasteiger charge is 2.38. The fourth-order valence-corrected chi connectivity index (χ4v) is 3.31. The van der Waals surface area contributed by atoms with Crippen molar-refractivity contribution in [3.63, 3.8) is 0 Å². The van der Waals surface area contributed by atoms with Gasteiger partial charge in [-0.3, -0.25) is 4.90 Å². The van der Waals surface area contributed by atoms with Gasteiger partial charge in [0.1, 0.15) is 6.61 Å². The van der Waals surface area contributed by atoms with Crippen molar-refractivity contribution in [2.45, 2.75) is 38.0 Å². The van der Waals surface area contributed by atoms with Gasteiger partial charge in [-0.25, -0.2) is 9.18 Å². The first-order valence-electron chi connectivity index (χ1n) is 8.50. The molecule has 140 valence electrons. The molecule has 2 unspecified atom stereocenters. The molecule has 1 fully saturated rings. The number of nitrogens with zero attached hydrogens (tertiary/aromatic N) is 1. The average molecular weight is 367 g/mol. The highest BCUT2D eigenvalue weighted by atomic mass is 19.3. The Labute approximate surface area is 149 Å². The second-order valence-corrected chi connectivity index (χ2v) is 6.40. The normalized spacial score (nSPS) is 21.8. The van der Waals surface area contributed by atoms with Crippen LogP contribution in [0.5, 0.6) is 0 Å². The number of fused-ring (bicyclic) bond motifs is 2. The SMILES string of the molecule is O=C(OCc1ccccc1)N1C2C=C(CCC(F)=C(F)F)CC1COC2. The predicted octanol–water partition coefficient (Wildman–Crippen LogP) is 4.58. The van der Waals surface area contributed by atoms with Gasteiger partial charge in [0.15, 0.2) is 5.83 Å². The van der Waals surface area contributed by atoms with Gasteiger partial charge in [0, 0.05) is 6.42 Å². The molecule has 0 saturated carbocycles. The Kier molecular flexibility index (Phi) is 5.98. The molecule has 1 amide bonds. The van der Waals surface area contributed by atoms with Crippen LogP contribution in [0.15, 0.2) is 53.9 Å². The second kappa shape index (κ2) is 8.40. The number of carbonyl (C=O) groups is 1. The third-order valence-electron chi connectivity index (χ3n) is 4.56. The molecule has 2 aliphatic heterocycles. The molecule has 2 aliphatic rings. The lowest BCUT2D eigenvalue weighted by Crippen LogP contribution is -2.56. The number of rotatable bonds is 5. The Hall–Kier alpha value is -2.28. The monoisotopic (exact) mass is 367 g/mol. The van der Waals surface area contributed by atoms with Crippen molar-refractivity contribution in [3.8, 4) is 0 Å². The number of hydrogen-bond donors (Lipinski definition) is 0. The van der Waals surface area contributed by atoms with Crippen LogP contribution in [0.2, 0.25) is 0 Å². The molecule has 7 heteroatoms. The van der Waals surface area contributed by atoms with Gasteiger partial charge in [-0.15, -0.1) is 0 Å². The van der Waals surface area contributed by atoms with Crippen LogP contribution in [0, 0.1) is 0 Å². The van der Waals surface area contributed by atoms with Crippen molar-refractivity contribution in [2.24, 2.45) is 0 Å². The van der Waals surface area contributed by atoms with E-state index in [1.165, 1.54) is 0 Å². The zero-order chi connectivity index (χ0) is 18.5. The Morgan fingerprint density at radius 2 is 1.96 bits per heavy atom. The summed E-state index contributed by atoms with van der Waals surface area (Å²) in [5, 5.41) is 0. The summed E-state index contributed by atoms with van der Waals surface area (Å²) in [6.45, 7) is 0.846. The van der Waals surface area contributed by atoms with Crippen LogP contribution < -0.4 is 0 Å². The first kappa shape index (κ1) is 18.5. The molecule has 26 heavy (non-hydrogen) atoms. The Morgan fingerprint density at radius 3 is 2.65 bits per heavy atom. The molecule has 0 N–H and O–H groups in total. The van der Waals surface area contributed by atoms with Gasteiger partial charge in [-0.05, 0) is 18.4 Å². The van der Waals surface area contributed by atoms with Crippen LogP contribution in [0.25, 0.3) is 0 Å². The van der Waals surface area contributed by atoms with Gasteiger partial charge in [0.05, 0.1) is 25.3 Å². The Morgan fingerprint density at radius 1 is 1.19 bits per heavy atom. The van der Waals surface area contributed by atoms with E-state index in [0.717, 1.165) is 11.1 Å². The second-order valence-electron chi connectivity index (χ2n) is 6.40. The summed E-state index contributed by atoms with van der Waals surface area (Å²) in [5.41, 5.74) is 1.76. The van der Waals surface area contributed by atoms with E-state index in [0.29, 0.717) is 19.6 Å². The van der Waals surface area contributed by atoms with E-state index in [1.807, 2.05) is 36.4 Å². The molecule has 1 saturated heterocycles. The molecule has 1 aromatic rings. The number of benzene rings is 1. The summed E-state index contributed by atoms with van der Waals surface area (Å²) < 4.78 is 48.3. The smallest absolute Gasteiger partial charge is 0.411 e. The van der Waals surface area contributed by atoms with Crippen LogP contribution in [-0.2, 0) is 16.1 Å². The minimum absolute atomic E-state index is 0.179. The summed E-state index contributed by atoms with van der Waals surface area (Å²) in [6.07, 6.45) is -0.531. The van der Waals surface area contributed by atoms with Crippen LogP contribution in [0.4, 0.5) is 18.0 Å². The molecule has 2 bridgehead atoms. The lowest BCUT2D eigenvalue weighted by molar-refractivity contribution is -0.0375. The van der Waals surface area contributed by atoms with Gasteiger partial charge in [-0.1, -0.05) is 42.0 Å². The third-order valence-corrected chi connectivity index (χ3v) is 4.56. The topological polar surface area (TPSA) is 38.8 Å². The maximum absolute atomic E-state index is 13.0. The molecular formula is C19H20F3NO3. The molecule has 1 aromatic carbocycles. The third kappa shape index (κ3) is 4.46. The predicted molar refractivity (Wildman–Crippen MR) is 89.1 cm³/mol. The van der Waals surface area contributed by atoms with E-state index in [1.54, 1.807) is 4.90 Å². The van der Waals surface area contributed by atoms with E-state index in [4.69, 9.17) is 9.47 Å². The minimum atomic E-state index is -2.27. The van der Waals surface area contributed by atoms with Crippen LogP contribution in [-0.4, -0.2) is 36.3 Å². The van der Waals surface area contributed by atoms with E-state index < -0.39 is 18.0 Å². The largest absolute Gasteiger partial charge is 0.445 e. The van der Waals surface area contributed by atoms with Crippen molar-refractivity contribution < 1.29 is 27.4 Å². The van der Waals surface area contributed by atoms with E-state index >= 15 is 0 Å². The zero-order valence-corrected chi connectivity index (χ0v) is 14.2. The number of allylic oxidation sites excluding steroid dienone is 1. The summed E-state index contributed by atoms with van der Waals surface area (Å²) >= 11 is 0. The minimum Gasteiger partial charge on any atom is -0.445 e. The molecule has 0 spiro atoms. The highest BCUT2D eigenvalue weighted by molar-refractivity contribution is 5.69. The lowest BCUT2D eigenvalue weighted by atomic mass is 9.92. The highest BCUT2D eigenvalue weighted by Crippen LogP contribution is 2.31. The quantitative estimate of drug-likeness (QED) is 0.715.